The molecule has 0 bridgehead atoms. The SMILES string of the molecule is COc1ccc(CNCc2c(OCc3ccccc3Cl)ccc3ccccc23)cc1. The molecule has 4 aromatic rings. The molecule has 0 heterocycles. The molecular formula is C26H24ClNO2. The lowest BCUT2D eigenvalue weighted by molar-refractivity contribution is 0.303. The molecule has 0 saturated carbocycles. The van der Waals surface area contributed by atoms with Crippen LogP contribution in [0.1, 0.15) is 16.7 Å². The van der Waals surface area contributed by atoms with Crippen LogP contribution in [-0.4, -0.2) is 7.11 Å². The van der Waals surface area contributed by atoms with Crippen LogP contribution in [-0.2, 0) is 19.7 Å². The van der Waals surface area contributed by atoms with Gasteiger partial charge in [0.15, 0.2) is 0 Å². The maximum atomic E-state index is 6.30. The second-order valence-electron chi connectivity index (χ2n) is 7.10. The number of methoxy groups -OCH3 is 1. The lowest BCUT2D eigenvalue weighted by Gasteiger charge is -2.16. The zero-order valence-corrected chi connectivity index (χ0v) is 17.7. The van der Waals surface area contributed by atoms with E-state index in [-0.39, 0.29) is 0 Å². The summed E-state index contributed by atoms with van der Waals surface area (Å²) < 4.78 is 11.4. The molecule has 0 unspecified atom stereocenters. The summed E-state index contributed by atoms with van der Waals surface area (Å²) in [6.07, 6.45) is 0. The third-order valence-electron chi connectivity index (χ3n) is 5.13. The van der Waals surface area contributed by atoms with Crippen molar-refractivity contribution in [1.29, 1.82) is 0 Å². The fourth-order valence-electron chi connectivity index (χ4n) is 3.48. The van der Waals surface area contributed by atoms with Crippen molar-refractivity contribution in [1.82, 2.24) is 5.32 Å². The summed E-state index contributed by atoms with van der Waals surface area (Å²) in [6, 6.07) is 28.4. The fourth-order valence-corrected chi connectivity index (χ4v) is 3.67. The molecular weight excluding hydrogens is 394 g/mol. The highest BCUT2D eigenvalue weighted by atomic mass is 35.5. The first-order chi connectivity index (χ1) is 14.7. The summed E-state index contributed by atoms with van der Waals surface area (Å²) >= 11 is 6.30. The third-order valence-corrected chi connectivity index (χ3v) is 5.50. The number of fused-ring (bicyclic) bond motifs is 1. The topological polar surface area (TPSA) is 30.5 Å². The maximum absolute atomic E-state index is 6.30. The number of nitrogens with one attached hydrogen (secondary N) is 1. The van der Waals surface area contributed by atoms with Crippen LogP contribution in [0.4, 0.5) is 0 Å². The van der Waals surface area contributed by atoms with Crippen LogP contribution in [0.3, 0.4) is 0 Å². The molecule has 0 aliphatic rings. The Kier molecular flexibility index (Phi) is 6.53. The average molecular weight is 418 g/mol. The number of hydrogen-bond donors (Lipinski definition) is 1. The predicted molar refractivity (Wildman–Crippen MR) is 123 cm³/mol. The summed E-state index contributed by atoms with van der Waals surface area (Å²) in [7, 11) is 1.68. The van der Waals surface area contributed by atoms with Gasteiger partial charge in [-0.2, -0.15) is 0 Å². The molecule has 0 aromatic heterocycles. The molecule has 30 heavy (non-hydrogen) atoms. The number of rotatable bonds is 8. The fraction of sp³-hybridized carbons (Fsp3) is 0.154. The van der Waals surface area contributed by atoms with Crippen LogP contribution in [0.25, 0.3) is 10.8 Å². The zero-order chi connectivity index (χ0) is 20.8. The molecule has 0 spiro atoms. The van der Waals surface area contributed by atoms with Crippen LogP contribution in [0.2, 0.25) is 5.02 Å². The lowest BCUT2D eigenvalue weighted by Crippen LogP contribution is -2.14. The van der Waals surface area contributed by atoms with Crippen LogP contribution < -0.4 is 14.8 Å². The van der Waals surface area contributed by atoms with E-state index < -0.39 is 0 Å². The summed E-state index contributed by atoms with van der Waals surface area (Å²) in [5.41, 5.74) is 3.33. The van der Waals surface area contributed by atoms with E-state index in [9.17, 15) is 0 Å². The first-order valence-corrected chi connectivity index (χ1v) is 10.3. The van der Waals surface area contributed by atoms with Crippen LogP contribution in [0, 0.1) is 0 Å². The molecule has 0 aliphatic carbocycles. The smallest absolute Gasteiger partial charge is 0.124 e. The van der Waals surface area contributed by atoms with E-state index in [1.54, 1.807) is 7.11 Å². The van der Waals surface area contributed by atoms with Crippen LogP contribution >= 0.6 is 11.6 Å². The van der Waals surface area contributed by atoms with Gasteiger partial charge in [-0.3, -0.25) is 0 Å². The second kappa shape index (κ2) is 9.66. The van der Waals surface area contributed by atoms with Crippen LogP contribution in [0.15, 0.2) is 84.9 Å². The molecule has 152 valence electrons. The van der Waals surface area contributed by atoms with Gasteiger partial charge >= 0.3 is 0 Å². The number of hydrogen-bond acceptors (Lipinski definition) is 3. The largest absolute Gasteiger partial charge is 0.497 e. The van der Waals surface area contributed by atoms with Crippen molar-refractivity contribution in [3.63, 3.8) is 0 Å². The Hall–Kier alpha value is -3.01. The number of halogens is 1. The van der Waals surface area contributed by atoms with Crippen molar-refractivity contribution in [3.8, 4) is 11.5 Å². The molecule has 3 nitrogen and oxygen atoms in total. The van der Waals surface area contributed by atoms with Crippen molar-refractivity contribution in [2.24, 2.45) is 0 Å². The maximum Gasteiger partial charge on any atom is 0.124 e. The van der Waals surface area contributed by atoms with E-state index in [0.717, 1.165) is 34.2 Å². The van der Waals surface area contributed by atoms with Gasteiger partial charge in [-0.25, -0.2) is 0 Å². The van der Waals surface area contributed by atoms with Crippen LogP contribution in [0.5, 0.6) is 11.5 Å². The Bertz CT molecular complexity index is 1130. The predicted octanol–water partition coefficient (Wildman–Crippen LogP) is 6.37. The average Bonchev–Trinajstić information content (AvgIpc) is 2.79. The Labute approximate surface area is 182 Å². The van der Waals surface area contributed by atoms with Gasteiger partial charge in [-0.1, -0.05) is 72.3 Å². The van der Waals surface area contributed by atoms with E-state index in [0.29, 0.717) is 13.2 Å². The van der Waals surface area contributed by atoms with Gasteiger partial charge < -0.3 is 14.8 Å². The molecule has 0 radical (unpaired) electrons. The highest BCUT2D eigenvalue weighted by Gasteiger charge is 2.10. The monoisotopic (exact) mass is 417 g/mol. The lowest BCUT2D eigenvalue weighted by atomic mass is 10.0. The van der Waals surface area contributed by atoms with Gasteiger partial charge in [0.25, 0.3) is 0 Å². The first kappa shape index (κ1) is 20.3. The molecule has 4 aromatic carbocycles. The summed E-state index contributed by atoms with van der Waals surface area (Å²) in [5, 5.41) is 6.66. The Morgan fingerprint density at radius 1 is 0.800 bits per heavy atom. The van der Waals surface area contributed by atoms with Crippen molar-refractivity contribution in [2.45, 2.75) is 19.7 Å². The minimum absolute atomic E-state index is 0.434. The van der Waals surface area contributed by atoms with E-state index in [1.165, 1.54) is 16.3 Å². The summed E-state index contributed by atoms with van der Waals surface area (Å²) in [6.45, 7) is 1.89. The number of ether oxygens (including phenoxy) is 2. The van der Waals surface area contributed by atoms with Crippen molar-refractivity contribution < 1.29 is 9.47 Å². The van der Waals surface area contributed by atoms with Gasteiger partial charge in [0, 0.05) is 29.2 Å². The third kappa shape index (κ3) is 4.76. The van der Waals surface area contributed by atoms with Gasteiger partial charge in [-0.05, 0) is 40.6 Å². The van der Waals surface area contributed by atoms with Crippen molar-refractivity contribution in [2.75, 3.05) is 7.11 Å². The molecule has 0 saturated heterocycles. The zero-order valence-electron chi connectivity index (χ0n) is 16.9. The highest BCUT2D eigenvalue weighted by Crippen LogP contribution is 2.29. The van der Waals surface area contributed by atoms with Gasteiger partial charge in [-0.15, -0.1) is 0 Å². The standard InChI is InChI=1S/C26H24ClNO2/c1-29-22-13-10-19(11-14-22)16-28-17-24-23-8-4-2-6-20(23)12-15-26(24)30-18-21-7-3-5-9-25(21)27/h2-15,28H,16-18H2,1H3. The Morgan fingerprint density at radius 2 is 1.57 bits per heavy atom. The van der Waals surface area contributed by atoms with Crippen molar-refractivity contribution in [3.05, 3.63) is 107 Å². The molecule has 0 aliphatic heterocycles. The van der Waals surface area contributed by atoms with E-state index in [1.807, 2.05) is 42.5 Å². The van der Waals surface area contributed by atoms with E-state index in [2.05, 4.69) is 47.8 Å². The minimum Gasteiger partial charge on any atom is -0.497 e. The van der Waals surface area contributed by atoms with E-state index in [4.69, 9.17) is 21.1 Å². The minimum atomic E-state index is 0.434. The van der Waals surface area contributed by atoms with Crippen molar-refractivity contribution >= 4 is 22.4 Å². The Morgan fingerprint density at radius 3 is 2.37 bits per heavy atom. The molecule has 0 amide bonds. The number of benzene rings is 4. The molecule has 0 fully saturated rings. The summed E-state index contributed by atoms with van der Waals surface area (Å²) in [5.74, 6) is 1.74. The second-order valence-corrected chi connectivity index (χ2v) is 7.50. The highest BCUT2D eigenvalue weighted by molar-refractivity contribution is 6.31. The van der Waals surface area contributed by atoms with Gasteiger partial charge in [0.1, 0.15) is 18.1 Å². The quantitative estimate of drug-likeness (QED) is 0.361. The first-order valence-electron chi connectivity index (χ1n) is 9.95. The normalized spacial score (nSPS) is 10.9. The van der Waals surface area contributed by atoms with Gasteiger partial charge in [0.05, 0.1) is 7.11 Å². The molecule has 4 rings (SSSR count). The van der Waals surface area contributed by atoms with Gasteiger partial charge in [0.2, 0.25) is 0 Å². The molecule has 1 N–H and O–H groups in total. The summed E-state index contributed by atoms with van der Waals surface area (Å²) in [4.78, 5) is 0. The molecule has 0 atom stereocenters. The Balaban J connectivity index is 1.53. The van der Waals surface area contributed by atoms with E-state index >= 15 is 0 Å². The molecule has 4 heteroatoms.